The van der Waals surface area contributed by atoms with E-state index in [-0.39, 0.29) is 18.1 Å². The molecule has 0 saturated carbocycles. The quantitative estimate of drug-likeness (QED) is 0.858. The summed E-state index contributed by atoms with van der Waals surface area (Å²) in [6.07, 6.45) is 3.37. The Hall–Kier alpha value is -2.05. The fraction of sp³-hybridized carbons (Fsp3) is 0.591. The molecule has 1 aromatic carbocycles. The Morgan fingerprint density at radius 3 is 2.54 bits per heavy atom. The maximum atomic E-state index is 12.8. The van der Waals surface area contributed by atoms with Gasteiger partial charge in [-0.2, -0.15) is 0 Å². The third kappa shape index (κ3) is 4.03. The van der Waals surface area contributed by atoms with Gasteiger partial charge < -0.3 is 19.4 Å². The Labute approximate surface area is 166 Å². The van der Waals surface area contributed by atoms with Crippen LogP contribution in [-0.2, 0) is 4.74 Å². The number of carbonyl (C=O) groups excluding carboxylic acids is 1. The molecule has 0 spiro atoms. The maximum Gasteiger partial charge on any atom is 0.270 e. The van der Waals surface area contributed by atoms with Crippen LogP contribution in [0.2, 0.25) is 0 Å². The number of piperidine rings is 1. The van der Waals surface area contributed by atoms with E-state index in [4.69, 9.17) is 9.47 Å². The SMILES string of the molecule is COC1CCN(C(=O)c2cc3cc(OC4CCN(C(C)C)C4)ccc3[nH]2)CC1. The third-order valence-electron chi connectivity index (χ3n) is 6.09. The number of hydrogen-bond acceptors (Lipinski definition) is 4. The van der Waals surface area contributed by atoms with Crippen molar-refractivity contribution in [2.75, 3.05) is 33.3 Å². The Balaban J connectivity index is 1.43. The van der Waals surface area contributed by atoms with Crippen molar-refractivity contribution in [2.45, 2.75) is 51.4 Å². The molecule has 1 unspecified atom stereocenters. The molecule has 6 heteroatoms. The van der Waals surface area contributed by atoms with Crippen LogP contribution >= 0.6 is 0 Å². The van der Waals surface area contributed by atoms with Gasteiger partial charge in [0.25, 0.3) is 5.91 Å². The lowest BCUT2D eigenvalue weighted by molar-refractivity contribution is 0.0348. The molecule has 0 aliphatic carbocycles. The highest BCUT2D eigenvalue weighted by atomic mass is 16.5. The number of likely N-dealkylation sites (tertiary alicyclic amines) is 2. The maximum absolute atomic E-state index is 12.8. The molecule has 2 fully saturated rings. The molecule has 1 N–H and O–H groups in total. The molecule has 2 aliphatic rings. The van der Waals surface area contributed by atoms with Crippen molar-refractivity contribution in [2.24, 2.45) is 0 Å². The molecule has 28 heavy (non-hydrogen) atoms. The van der Waals surface area contributed by atoms with E-state index in [2.05, 4.69) is 23.7 Å². The molecule has 3 heterocycles. The molecule has 2 saturated heterocycles. The van der Waals surface area contributed by atoms with Crippen molar-refractivity contribution in [3.8, 4) is 5.75 Å². The number of fused-ring (bicyclic) bond motifs is 1. The van der Waals surface area contributed by atoms with E-state index >= 15 is 0 Å². The molecule has 2 aliphatic heterocycles. The molecule has 1 aromatic heterocycles. The van der Waals surface area contributed by atoms with Crippen molar-refractivity contribution in [3.05, 3.63) is 30.0 Å². The van der Waals surface area contributed by atoms with Crippen molar-refractivity contribution in [3.63, 3.8) is 0 Å². The second-order valence-electron chi connectivity index (χ2n) is 8.28. The first kappa shape index (κ1) is 19.3. The molecule has 1 amide bonds. The number of nitrogens with zero attached hydrogens (tertiary/aromatic N) is 2. The van der Waals surface area contributed by atoms with Gasteiger partial charge >= 0.3 is 0 Å². The highest BCUT2D eigenvalue weighted by Gasteiger charge is 2.26. The Kier molecular flexibility index (Phi) is 5.60. The average Bonchev–Trinajstić information content (AvgIpc) is 3.34. The van der Waals surface area contributed by atoms with Gasteiger partial charge in [-0.25, -0.2) is 0 Å². The topological polar surface area (TPSA) is 57.8 Å². The van der Waals surface area contributed by atoms with Crippen LogP contribution in [-0.4, -0.2) is 72.2 Å². The molecular weight excluding hydrogens is 354 g/mol. The van der Waals surface area contributed by atoms with E-state index in [1.54, 1.807) is 7.11 Å². The zero-order valence-corrected chi connectivity index (χ0v) is 17.1. The standard InChI is InChI=1S/C22H31N3O3/c1-15(2)25-11-8-19(14-25)28-18-4-5-20-16(12-18)13-21(23-20)22(26)24-9-6-17(27-3)7-10-24/h4-5,12-13,15,17,19,23H,6-11,14H2,1-3H3. The van der Waals surface area contributed by atoms with E-state index < -0.39 is 0 Å². The fourth-order valence-electron chi connectivity index (χ4n) is 4.28. The molecular formula is C22H31N3O3. The number of ether oxygens (including phenoxy) is 2. The van der Waals surface area contributed by atoms with Gasteiger partial charge in [-0.05, 0) is 57.4 Å². The molecule has 0 radical (unpaired) electrons. The normalized spacial score (nSPS) is 21.7. The van der Waals surface area contributed by atoms with Gasteiger partial charge in [0.2, 0.25) is 0 Å². The van der Waals surface area contributed by atoms with Gasteiger partial charge in [0.15, 0.2) is 0 Å². The van der Waals surface area contributed by atoms with Crippen molar-refractivity contribution < 1.29 is 14.3 Å². The number of nitrogens with one attached hydrogen (secondary N) is 1. The monoisotopic (exact) mass is 385 g/mol. The summed E-state index contributed by atoms with van der Waals surface area (Å²) in [7, 11) is 1.74. The number of rotatable bonds is 5. The second-order valence-corrected chi connectivity index (χ2v) is 8.28. The van der Waals surface area contributed by atoms with Crippen LogP contribution in [0.15, 0.2) is 24.3 Å². The largest absolute Gasteiger partial charge is 0.489 e. The minimum atomic E-state index is 0.0663. The molecule has 2 aromatic rings. The molecule has 152 valence electrons. The minimum Gasteiger partial charge on any atom is -0.489 e. The molecule has 0 bridgehead atoms. The predicted octanol–water partition coefficient (Wildman–Crippen LogP) is 3.28. The lowest BCUT2D eigenvalue weighted by atomic mass is 10.1. The van der Waals surface area contributed by atoms with Gasteiger partial charge in [-0.3, -0.25) is 9.69 Å². The summed E-state index contributed by atoms with van der Waals surface area (Å²) in [5, 5.41) is 1.02. The first-order valence-electron chi connectivity index (χ1n) is 10.4. The Morgan fingerprint density at radius 2 is 1.86 bits per heavy atom. The van der Waals surface area contributed by atoms with E-state index in [1.807, 2.05) is 29.2 Å². The lowest BCUT2D eigenvalue weighted by Gasteiger charge is -2.30. The number of H-pyrrole nitrogens is 1. The summed E-state index contributed by atoms with van der Waals surface area (Å²) in [5.41, 5.74) is 1.62. The van der Waals surface area contributed by atoms with E-state index in [1.165, 1.54) is 0 Å². The molecule has 6 nitrogen and oxygen atoms in total. The number of aromatic amines is 1. The van der Waals surface area contributed by atoms with Crippen LogP contribution in [0.3, 0.4) is 0 Å². The summed E-state index contributed by atoms with van der Waals surface area (Å²) in [4.78, 5) is 20.5. The highest BCUT2D eigenvalue weighted by molar-refractivity contribution is 5.98. The lowest BCUT2D eigenvalue weighted by Crippen LogP contribution is -2.40. The van der Waals surface area contributed by atoms with E-state index in [9.17, 15) is 4.79 Å². The van der Waals surface area contributed by atoms with Gasteiger partial charge in [-0.15, -0.1) is 0 Å². The third-order valence-corrected chi connectivity index (χ3v) is 6.09. The van der Waals surface area contributed by atoms with Crippen molar-refractivity contribution >= 4 is 16.8 Å². The van der Waals surface area contributed by atoms with E-state index in [0.717, 1.165) is 62.1 Å². The van der Waals surface area contributed by atoms with Gasteiger partial charge in [0, 0.05) is 50.2 Å². The average molecular weight is 386 g/mol. The minimum absolute atomic E-state index is 0.0663. The fourth-order valence-corrected chi connectivity index (χ4v) is 4.28. The smallest absolute Gasteiger partial charge is 0.270 e. The predicted molar refractivity (Wildman–Crippen MR) is 110 cm³/mol. The second kappa shape index (κ2) is 8.13. The highest BCUT2D eigenvalue weighted by Crippen LogP contribution is 2.26. The first-order chi connectivity index (χ1) is 13.5. The van der Waals surface area contributed by atoms with Crippen LogP contribution < -0.4 is 4.74 Å². The number of benzene rings is 1. The van der Waals surface area contributed by atoms with Gasteiger partial charge in [0.05, 0.1) is 6.10 Å². The summed E-state index contributed by atoms with van der Waals surface area (Å²) in [6, 6.07) is 8.55. The van der Waals surface area contributed by atoms with Crippen LogP contribution in [0.5, 0.6) is 5.75 Å². The zero-order valence-electron chi connectivity index (χ0n) is 17.1. The van der Waals surface area contributed by atoms with Crippen LogP contribution in [0, 0.1) is 0 Å². The number of hydrogen-bond donors (Lipinski definition) is 1. The molecule has 1 atom stereocenters. The summed E-state index contributed by atoms with van der Waals surface area (Å²) < 4.78 is 11.6. The Bertz CT molecular complexity index is 824. The van der Waals surface area contributed by atoms with Crippen LogP contribution in [0.1, 0.15) is 43.6 Å². The van der Waals surface area contributed by atoms with E-state index in [0.29, 0.717) is 11.7 Å². The molecule has 4 rings (SSSR count). The zero-order chi connectivity index (χ0) is 19.7. The number of aromatic nitrogens is 1. The Morgan fingerprint density at radius 1 is 1.11 bits per heavy atom. The summed E-state index contributed by atoms with van der Waals surface area (Å²) in [6.45, 7) is 8.01. The van der Waals surface area contributed by atoms with Gasteiger partial charge in [-0.1, -0.05) is 0 Å². The number of amides is 1. The van der Waals surface area contributed by atoms with Crippen molar-refractivity contribution in [1.82, 2.24) is 14.8 Å². The summed E-state index contributed by atoms with van der Waals surface area (Å²) >= 11 is 0. The number of methoxy groups -OCH3 is 1. The first-order valence-corrected chi connectivity index (χ1v) is 10.4. The van der Waals surface area contributed by atoms with Crippen LogP contribution in [0.4, 0.5) is 0 Å². The summed E-state index contributed by atoms with van der Waals surface area (Å²) in [5.74, 6) is 0.943. The van der Waals surface area contributed by atoms with Crippen LogP contribution in [0.25, 0.3) is 10.9 Å². The van der Waals surface area contributed by atoms with Gasteiger partial charge in [0.1, 0.15) is 17.5 Å². The van der Waals surface area contributed by atoms with Crippen molar-refractivity contribution in [1.29, 1.82) is 0 Å². The number of carbonyl (C=O) groups is 1.